The highest BCUT2D eigenvalue weighted by Crippen LogP contribution is 2.28. The van der Waals surface area contributed by atoms with Crippen LogP contribution < -0.4 is 15.5 Å². The van der Waals surface area contributed by atoms with Gasteiger partial charge >= 0.3 is 0 Å². The Bertz CT molecular complexity index is 1320. The van der Waals surface area contributed by atoms with Crippen molar-refractivity contribution in [2.75, 3.05) is 41.8 Å². The second kappa shape index (κ2) is 10.3. The molecule has 4 aromatic rings. The molecule has 0 aliphatic carbocycles. The number of carbonyl (C=O) groups is 1. The van der Waals surface area contributed by atoms with Gasteiger partial charge in [-0.05, 0) is 18.6 Å². The average Bonchev–Trinajstić information content (AvgIpc) is 3.36. The fourth-order valence-corrected chi connectivity index (χ4v) is 4.51. The van der Waals surface area contributed by atoms with E-state index in [1.807, 2.05) is 49.4 Å². The van der Waals surface area contributed by atoms with Crippen molar-refractivity contribution in [1.82, 2.24) is 19.9 Å². The standard InChI is InChI=1S/C24H22ClN7O2S/c1-15-6-5-9-17(25)19(15)27-21(33)18-14-26-24(35-18)31-22-28-20(16-7-3-2-4-8-16)29-23(30-22)32-10-12-34-13-11-32/h2-9,14H,10-13H2,1H3,(H,27,33)(H,26,28,29,30,31). The summed E-state index contributed by atoms with van der Waals surface area (Å²) in [7, 11) is 0. The van der Waals surface area contributed by atoms with Crippen molar-refractivity contribution >= 4 is 51.6 Å². The van der Waals surface area contributed by atoms with Gasteiger partial charge in [0, 0.05) is 18.7 Å². The van der Waals surface area contributed by atoms with Crippen LogP contribution >= 0.6 is 22.9 Å². The monoisotopic (exact) mass is 507 g/mol. The minimum absolute atomic E-state index is 0.290. The Balaban J connectivity index is 1.39. The van der Waals surface area contributed by atoms with Gasteiger partial charge in [-0.1, -0.05) is 65.4 Å². The molecule has 0 bridgehead atoms. The molecule has 11 heteroatoms. The van der Waals surface area contributed by atoms with Crippen LogP contribution in [0.5, 0.6) is 0 Å². The highest BCUT2D eigenvalue weighted by Gasteiger charge is 2.19. The van der Waals surface area contributed by atoms with Crippen LogP contribution in [0.25, 0.3) is 11.4 Å². The van der Waals surface area contributed by atoms with Gasteiger partial charge in [0.15, 0.2) is 11.0 Å². The maximum Gasteiger partial charge on any atom is 0.267 e. The van der Waals surface area contributed by atoms with Gasteiger partial charge < -0.3 is 15.0 Å². The number of hydrogen-bond acceptors (Lipinski definition) is 9. The molecular weight excluding hydrogens is 486 g/mol. The number of thiazole rings is 1. The van der Waals surface area contributed by atoms with E-state index in [0.717, 1.165) is 11.1 Å². The molecule has 0 saturated carbocycles. The van der Waals surface area contributed by atoms with Gasteiger partial charge in [-0.3, -0.25) is 10.1 Å². The molecule has 1 aliphatic heterocycles. The molecule has 1 fully saturated rings. The molecule has 1 amide bonds. The molecule has 0 unspecified atom stereocenters. The van der Waals surface area contributed by atoms with Crippen molar-refractivity contribution in [3.8, 4) is 11.4 Å². The molecule has 0 atom stereocenters. The van der Waals surface area contributed by atoms with E-state index >= 15 is 0 Å². The van der Waals surface area contributed by atoms with Gasteiger partial charge in [-0.15, -0.1) is 0 Å². The smallest absolute Gasteiger partial charge is 0.267 e. The number of morpholine rings is 1. The predicted octanol–water partition coefficient (Wildman–Crippen LogP) is 4.79. The summed E-state index contributed by atoms with van der Waals surface area (Å²) < 4.78 is 5.46. The molecule has 5 rings (SSSR count). The van der Waals surface area contributed by atoms with Crippen LogP contribution in [0, 0.1) is 6.92 Å². The number of amides is 1. The lowest BCUT2D eigenvalue weighted by atomic mass is 10.2. The predicted molar refractivity (Wildman–Crippen MR) is 138 cm³/mol. The summed E-state index contributed by atoms with van der Waals surface area (Å²) in [6, 6.07) is 15.2. The minimum atomic E-state index is -0.290. The van der Waals surface area contributed by atoms with Crippen molar-refractivity contribution in [3.05, 3.63) is 70.2 Å². The summed E-state index contributed by atoms with van der Waals surface area (Å²) in [5.74, 6) is 1.17. The van der Waals surface area contributed by atoms with Gasteiger partial charge in [0.25, 0.3) is 5.91 Å². The maximum atomic E-state index is 12.8. The van der Waals surface area contributed by atoms with E-state index in [1.54, 1.807) is 6.07 Å². The van der Waals surface area contributed by atoms with Crippen LogP contribution in [0.2, 0.25) is 5.02 Å². The van der Waals surface area contributed by atoms with E-state index in [4.69, 9.17) is 16.3 Å². The third kappa shape index (κ3) is 5.40. The first-order valence-corrected chi connectivity index (χ1v) is 12.2. The SMILES string of the molecule is Cc1cccc(Cl)c1NC(=O)c1cnc(Nc2nc(-c3ccccc3)nc(N3CCOCC3)n2)s1. The molecule has 35 heavy (non-hydrogen) atoms. The Hall–Kier alpha value is -3.60. The van der Waals surface area contributed by atoms with Crippen LogP contribution in [-0.4, -0.2) is 52.1 Å². The summed E-state index contributed by atoms with van der Waals surface area (Å²) in [5.41, 5.74) is 2.34. The van der Waals surface area contributed by atoms with Crippen molar-refractivity contribution in [1.29, 1.82) is 0 Å². The third-order valence-corrected chi connectivity index (χ3v) is 6.58. The number of carbonyl (C=O) groups excluding carboxylic acids is 1. The lowest BCUT2D eigenvalue weighted by molar-refractivity contribution is 0.103. The zero-order chi connectivity index (χ0) is 24.2. The Morgan fingerprint density at radius 1 is 1.06 bits per heavy atom. The quantitative estimate of drug-likeness (QED) is 0.384. The molecule has 1 saturated heterocycles. The van der Waals surface area contributed by atoms with Crippen molar-refractivity contribution in [2.45, 2.75) is 6.92 Å². The van der Waals surface area contributed by atoms with Crippen LogP contribution in [0.4, 0.5) is 22.7 Å². The fourth-order valence-electron chi connectivity index (χ4n) is 3.54. The molecule has 0 radical (unpaired) electrons. The van der Waals surface area contributed by atoms with E-state index in [0.29, 0.717) is 64.7 Å². The molecule has 0 spiro atoms. The Kier molecular flexibility index (Phi) is 6.84. The summed E-state index contributed by atoms with van der Waals surface area (Å²) in [5, 5.41) is 6.98. The third-order valence-electron chi connectivity index (χ3n) is 5.36. The highest BCUT2D eigenvalue weighted by atomic mass is 35.5. The molecule has 2 aromatic carbocycles. The van der Waals surface area contributed by atoms with Gasteiger partial charge in [-0.2, -0.15) is 15.0 Å². The van der Waals surface area contributed by atoms with E-state index in [2.05, 4.69) is 35.5 Å². The molecular formula is C24H22ClN7O2S. The first-order valence-electron chi connectivity index (χ1n) is 11.0. The number of nitrogens with one attached hydrogen (secondary N) is 2. The zero-order valence-corrected chi connectivity index (χ0v) is 20.4. The minimum Gasteiger partial charge on any atom is -0.378 e. The van der Waals surface area contributed by atoms with E-state index in [1.165, 1.54) is 17.5 Å². The fraction of sp³-hybridized carbons (Fsp3) is 0.208. The largest absolute Gasteiger partial charge is 0.378 e. The molecule has 2 N–H and O–H groups in total. The number of aromatic nitrogens is 4. The lowest BCUT2D eigenvalue weighted by Crippen LogP contribution is -2.37. The normalized spacial score (nSPS) is 13.5. The van der Waals surface area contributed by atoms with Crippen molar-refractivity contribution < 1.29 is 9.53 Å². The number of halogens is 1. The Morgan fingerprint density at radius 2 is 1.86 bits per heavy atom. The van der Waals surface area contributed by atoms with Crippen molar-refractivity contribution in [2.24, 2.45) is 0 Å². The van der Waals surface area contributed by atoms with Crippen LogP contribution in [0.15, 0.2) is 54.7 Å². The molecule has 2 aromatic heterocycles. The van der Waals surface area contributed by atoms with Gasteiger partial charge in [0.2, 0.25) is 11.9 Å². The van der Waals surface area contributed by atoms with Gasteiger partial charge in [-0.25, -0.2) is 4.98 Å². The molecule has 9 nitrogen and oxygen atoms in total. The number of ether oxygens (including phenoxy) is 1. The second-order valence-electron chi connectivity index (χ2n) is 7.79. The van der Waals surface area contributed by atoms with E-state index in [-0.39, 0.29) is 5.91 Å². The van der Waals surface area contributed by atoms with Crippen LogP contribution in [0.1, 0.15) is 15.2 Å². The van der Waals surface area contributed by atoms with Gasteiger partial charge in [0.05, 0.1) is 30.1 Å². The van der Waals surface area contributed by atoms with Crippen molar-refractivity contribution in [3.63, 3.8) is 0 Å². The summed E-state index contributed by atoms with van der Waals surface area (Å²) in [6.07, 6.45) is 1.51. The Morgan fingerprint density at radius 3 is 2.63 bits per heavy atom. The number of hydrogen-bond donors (Lipinski definition) is 2. The number of anilines is 4. The first kappa shape index (κ1) is 23.2. The van der Waals surface area contributed by atoms with Gasteiger partial charge in [0.1, 0.15) is 4.88 Å². The molecule has 3 heterocycles. The second-order valence-corrected chi connectivity index (χ2v) is 9.23. The maximum absolute atomic E-state index is 12.8. The van der Waals surface area contributed by atoms with Crippen LogP contribution in [0.3, 0.4) is 0 Å². The first-order chi connectivity index (χ1) is 17.1. The number of rotatable bonds is 6. The van der Waals surface area contributed by atoms with E-state index in [9.17, 15) is 4.79 Å². The number of aryl methyl sites for hydroxylation is 1. The molecule has 178 valence electrons. The number of para-hydroxylation sites is 1. The summed E-state index contributed by atoms with van der Waals surface area (Å²) in [4.78, 5) is 33.5. The average molecular weight is 508 g/mol. The lowest BCUT2D eigenvalue weighted by Gasteiger charge is -2.27. The topological polar surface area (TPSA) is 105 Å². The van der Waals surface area contributed by atoms with E-state index < -0.39 is 0 Å². The number of benzene rings is 2. The summed E-state index contributed by atoms with van der Waals surface area (Å²) in [6.45, 7) is 4.51. The Labute approximate surface area is 211 Å². The number of nitrogens with zero attached hydrogens (tertiary/aromatic N) is 5. The molecule has 1 aliphatic rings. The zero-order valence-electron chi connectivity index (χ0n) is 18.9. The highest BCUT2D eigenvalue weighted by molar-refractivity contribution is 7.17. The van der Waals surface area contributed by atoms with Crippen LogP contribution in [-0.2, 0) is 4.74 Å². The summed E-state index contributed by atoms with van der Waals surface area (Å²) >= 11 is 7.44.